The number of carbonyl (C=O) groups excluding carboxylic acids is 2. The van der Waals surface area contributed by atoms with Crippen LogP contribution >= 0.6 is 11.3 Å². The first-order valence-electron chi connectivity index (χ1n) is 12.2. The molecule has 2 N–H and O–H groups in total. The van der Waals surface area contributed by atoms with Crippen LogP contribution < -0.4 is 10.5 Å². The summed E-state index contributed by atoms with van der Waals surface area (Å²) in [6.45, 7) is 1.83. The number of amides is 2. The lowest BCUT2D eigenvalue weighted by molar-refractivity contribution is 0.0373. The summed E-state index contributed by atoms with van der Waals surface area (Å²) in [4.78, 5) is 35.9. The van der Waals surface area contributed by atoms with Gasteiger partial charge in [-0.25, -0.2) is 14.8 Å². The number of nitrogens with zero attached hydrogens (tertiary/aromatic N) is 5. The van der Waals surface area contributed by atoms with Gasteiger partial charge in [0.25, 0.3) is 5.91 Å². The van der Waals surface area contributed by atoms with Crippen molar-refractivity contribution >= 4 is 44.7 Å². The molecule has 0 radical (unpaired) electrons. The number of hydrogen-bond acceptors (Lipinski definition) is 7. The van der Waals surface area contributed by atoms with Gasteiger partial charge in [0.2, 0.25) is 0 Å². The molecule has 1 aliphatic carbocycles. The Morgan fingerprint density at radius 1 is 1.22 bits per heavy atom. The molecule has 6 rings (SSSR count). The number of fused-ring (bicyclic) bond motifs is 2. The molecular formula is C25H28N6O4S. The summed E-state index contributed by atoms with van der Waals surface area (Å²) >= 11 is 1.63. The van der Waals surface area contributed by atoms with E-state index >= 15 is 0 Å². The maximum Gasteiger partial charge on any atom is 0.404 e. The quantitative estimate of drug-likeness (QED) is 0.424. The van der Waals surface area contributed by atoms with Crippen molar-refractivity contribution in [3.8, 4) is 17.3 Å². The first kappa shape index (κ1) is 22.8. The molecule has 11 heteroatoms. The molecule has 1 saturated carbocycles. The number of nitrogens with two attached hydrogens (primary N) is 1. The highest BCUT2D eigenvalue weighted by molar-refractivity contribution is 7.16. The zero-order valence-corrected chi connectivity index (χ0v) is 21.1. The fourth-order valence-electron chi connectivity index (χ4n) is 5.18. The minimum Gasteiger partial charge on any atom is -0.494 e. The summed E-state index contributed by atoms with van der Waals surface area (Å²) in [5, 5.41) is 0. The summed E-state index contributed by atoms with van der Waals surface area (Å²) in [5.41, 5.74) is 11.1. The molecule has 3 aromatic heterocycles. The van der Waals surface area contributed by atoms with E-state index in [4.69, 9.17) is 20.2 Å². The van der Waals surface area contributed by atoms with E-state index in [0.717, 1.165) is 40.3 Å². The Kier molecular flexibility index (Phi) is 5.59. The molecule has 0 bridgehead atoms. The van der Waals surface area contributed by atoms with Crippen molar-refractivity contribution in [2.45, 2.75) is 38.3 Å². The van der Waals surface area contributed by atoms with E-state index in [1.165, 1.54) is 12.8 Å². The van der Waals surface area contributed by atoms with Gasteiger partial charge in [-0.15, -0.1) is 11.3 Å². The van der Waals surface area contributed by atoms with Crippen LogP contribution in [-0.2, 0) is 18.3 Å². The largest absolute Gasteiger partial charge is 0.494 e. The second-order valence-corrected chi connectivity index (χ2v) is 10.5. The number of hydrogen-bond donors (Lipinski definition) is 1. The molecule has 2 fully saturated rings. The Labute approximate surface area is 211 Å². The number of piperidine rings is 1. The third kappa shape index (κ3) is 3.97. The Morgan fingerprint density at radius 2 is 2.06 bits per heavy atom. The van der Waals surface area contributed by atoms with E-state index in [1.54, 1.807) is 29.4 Å². The SMILES string of the molecule is COc1cc(C(=O)N2CCCC(OC(N)=O)C2)cc2nc(-c3cc4scnc4n3CC3CC3)n(C)c12. The topological polar surface area (TPSA) is 118 Å². The third-order valence-corrected chi connectivity index (χ3v) is 7.87. The van der Waals surface area contributed by atoms with Crippen molar-refractivity contribution in [1.82, 2.24) is 24.0 Å². The van der Waals surface area contributed by atoms with Crippen molar-refractivity contribution in [1.29, 1.82) is 0 Å². The van der Waals surface area contributed by atoms with Gasteiger partial charge in [0.15, 0.2) is 11.5 Å². The predicted octanol–water partition coefficient (Wildman–Crippen LogP) is 3.77. The molecule has 4 aromatic rings. The second-order valence-electron chi connectivity index (χ2n) is 9.62. The monoisotopic (exact) mass is 508 g/mol. The molecular weight excluding hydrogens is 480 g/mol. The van der Waals surface area contributed by atoms with E-state index in [9.17, 15) is 9.59 Å². The van der Waals surface area contributed by atoms with Gasteiger partial charge < -0.3 is 29.2 Å². The van der Waals surface area contributed by atoms with Gasteiger partial charge >= 0.3 is 6.09 Å². The molecule has 0 spiro atoms. The first-order chi connectivity index (χ1) is 17.4. The van der Waals surface area contributed by atoms with Crippen LogP contribution in [0.1, 0.15) is 36.0 Å². The van der Waals surface area contributed by atoms with Gasteiger partial charge in [-0.3, -0.25) is 4.79 Å². The number of aromatic nitrogens is 4. The number of ether oxygens (including phenoxy) is 2. The zero-order chi connectivity index (χ0) is 25.0. The Morgan fingerprint density at radius 3 is 2.81 bits per heavy atom. The molecule has 1 aromatic carbocycles. The molecule has 1 unspecified atom stereocenters. The van der Waals surface area contributed by atoms with Gasteiger partial charge in [0.1, 0.15) is 17.4 Å². The van der Waals surface area contributed by atoms with Crippen LogP contribution in [0.2, 0.25) is 0 Å². The average Bonchev–Trinajstić information content (AvgIpc) is 3.31. The van der Waals surface area contributed by atoms with Gasteiger partial charge in [0, 0.05) is 25.7 Å². The van der Waals surface area contributed by atoms with Crippen LogP contribution in [0.4, 0.5) is 4.79 Å². The van der Waals surface area contributed by atoms with Crippen LogP contribution in [0.5, 0.6) is 5.75 Å². The van der Waals surface area contributed by atoms with Crippen molar-refractivity contribution in [3.05, 3.63) is 29.3 Å². The molecule has 36 heavy (non-hydrogen) atoms. The zero-order valence-electron chi connectivity index (χ0n) is 20.3. The fraction of sp³-hybridized carbons (Fsp3) is 0.440. The van der Waals surface area contributed by atoms with E-state index in [2.05, 4.69) is 15.6 Å². The molecule has 2 aliphatic rings. The van der Waals surface area contributed by atoms with E-state index < -0.39 is 12.2 Å². The maximum atomic E-state index is 13.4. The predicted molar refractivity (Wildman–Crippen MR) is 136 cm³/mol. The van der Waals surface area contributed by atoms with Crippen LogP contribution in [0, 0.1) is 5.92 Å². The van der Waals surface area contributed by atoms with Crippen molar-refractivity contribution in [2.24, 2.45) is 18.7 Å². The minimum absolute atomic E-state index is 0.151. The van der Waals surface area contributed by atoms with Gasteiger partial charge in [0.05, 0.1) is 35.1 Å². The summed E-state index contributed by atoms with van der Waals surface area (Å²) < 4.78 is 16.3. The van der Waals surface area contributed by atoms with Crippen molar-refractivity contribution in [3.63, 3.8) is 0 Å². The molecule has 1 saturated heterocycles. The number of carbonyl (C=O) groups is 2. The summed E-state index contributed by atoms with van der Waals surface area (Å²) in [5.74, 6) is 1.93. The highest BCUT2D eigenvalue weighted by Crippen LogP contribution is 2.38. The highest BCUT2D eigenvalue weighted by atomic mass is 32.1. The van der Waals surface area contributed by atoms with Crippen molar-refractivity contribution < 1.29 is 19.1 Å². The van der Waals surface area contributed by atoms with Crippen LogP contribution in [0.3, 0.4) is 0 Å². The number of primary amides is 1. The lowest BCUT2D eigenvalue weighted by atomic mass is 10.1. The van der Waals surface area contributed by atoms with Gasteiger partial charge in [-0.1, -0.05) is 0 Å². The number of rotatable bonds is 6. The highest BCUT2D eigenvalue weighted by Gasteiger charge is 2.29. The second kappa shape index (κ2) is 8.81. The van der Waals surface area contributed by atoms with E-state index in [0.29, 0.717) is 42.3 Å². The van der Waals surface area contributed by atoms with Crippen molar-refractivity contribution in [2.75, 3.05) is 20.2 Å². The Bertz CT molecular complexity index is 1480. The smallest absolute Gasteiger partial charge is 0.404 e. The van der Waals surface area contributed by atoms with Crippen LogP contribution in [0.25, 0.3) is 32.9 Å². The van der Waals surface area contributed by atoms with Crippen LogP contribution in [0.15, 0.2) is 23.7 Å². The average molecular weight is 509 g/mol. The molecule has 4 heterocycles. The summed E-state index contributed by atoms with van der Waals surface area (Å²) in [6, 6.07) is 5.73. The molecule has 1 atom stereocenters. The number of likely N-dealkylation sites (tertiary alicyclic amines) is 1. The first-order valence-corrected chi connectivity index (χ1v) is 13.0. The molecule has 188 valence electrons. The number of thiazole rings is 1. The molecule has 2 amide bonds. The number of imidazole rings is 1. The lowest BCUT2D eigenvalue weighted by Crippen LogP contribution is -2.44. The van der Waals surface area contributed by atoms with E-state index in [-0.39, 0.29) is 5.91 Å². The number of benzene rings is 1. The normalized spacial score (nSPS) is 18.2. The van der Waals surface area contributed by atoms with E-state index in [1.807, 2.05) is 23.2 Å². The number of aryl methyl sites for hydroxylation is 1. The van der Waals surface area contributed by atoms with Gasteiger partial charge in [-0.05, 0) is 49.8 Å². The Balaban J connectivity index is 1.39. The summed E-state index contributed by atoms with van der Waals surface area (Å²) in [6.07, 6.45) is 2.69. The minimum atomic E-state index is -0.820. The number of methoxy groups -OCH3 is 1. The molecule has 10 nitrogen and oxygen atoms in total. The Hall–Kier alpha value is -3.60. The van der Waals surface area contributed by atoms with Gasteiger partial charge in [-0.2, -0.15) is 0 Å². The lowest BCUT2D eigenvalue weighted by Gasteiger charge is -2.32. The van der Waals surface area contributed by atoms with Crippen LogP contribution in [-0.4, -0.2) is 62.3 Å². The maximum absolute atomic E-state index is 13.4. The summed E-state index contributed by atoms with van der Waals surface area (Å²) in [7, 11) is 3.57. The molecule has 1 aliphatic heterocycles. The fourth-order valence-corrected chi connectivity index (χ4v) is 5.89. The standard InChI is InChI=1S/C25H28N6O4S/c1-29-21-17(28-22(29)18-10-20-23(27-13-36-20)31(18)11-14-5-6-14)8-15(9-19(21)34-2)24(32)30-7-3-4-16(12-30)35-25(26)33/h8-10,13-14,16H,3-7,11-12H2,1-2H3,(H2,26,33). The third-order valence-electron chi connectivity index (χ3n) is 7.11.